The summed E-state index contributed by atoms with van der Waals surface area (Å²) in [5.41, 5.74) is 3.00. The van der Waals surface area contributed by atoms with Gasteiger partial charge >= 0.3 is 6.03 Å². The van der Waals surface area contributed by atoms with Gasteiger partial charge in [-0.25, -0.2) is 14.8 Å². The molecule has 7 heteroatoms. The summed E-state index contributed by atoms with van der Waals surface area (Å²) < 4.78 is 1.87. The highest BCUT2D eigenvalue weighted by Gasteiger charge is 2.25. The second-order valence-corrected chi connectivity index (χ2v) is 7.64. The van der Waals surface area contributed by atoms with E-state index < -0.39 is 0 Å². The Morgan fingerprint density at radius 1 is 1.29 bits per heavy atom. The van der Waals surface area contributed by atoms with Crippen LogP contribution in [-0.2, 0) is 6.54 Å². The van der Waals surface area contributed by atoms with Gasteiger partial charge in [0.1, 0.15) is 0 Å². The van der Waals surface area contributed by atoms with E-state index >= 15 is 0 Å². The quantitative estimate of drug-likeness (QED) is 0.757. The van der Waals surface area contributed by atoms with E-state index in [0.717, 1.165) is 48.2 Å². The van der Waals surface area contributed by atoms with E-state index in [9.17, 15) is 4.79 Å². The molecule has 28 heavy (non-hydrogen) atoms. The fourth-order valence-corrected chi connectivity index (χ4v) is 3.77. The maximum atomic E-state index is 12.6. The molecule has 0 spiro atoms. The zero-order chi connectivity index (χ0) is 19.5. The molecule has 1 fully saturated rings. The van der Waals surface area contributed by atoms with Gasteiger partial charge in [0.25, 0.3) is 0 Å². The minimum atomic E-state index is 0.00275. The molecule has 0 radical (unpaired) electrons. The summed E-state index contributed by atoms with van der Waals surface area (Å²) in [4.78, 5) is 23.6. The molecule has 0 saturated carbocycles. The molecule has 1 unspecified atom stereocenters. The van der Waals surface area contributed by atoms with Crippen molar-refractivity contribution in [1.82, 2.24) is 30.0 Å². The molecule has 0 aromatic carbocycles. The van der Waals surface area contributed by atoms with E-state index in [2.05, 4.69) is 27.5 Å². The van der Waals surface area contributed by atoms with Gasteiger partial charge in [-0.1, -0.05) is 0 Å². The predicted octanol–water partition coefficient (Wildman–Crippen LogP) is 3.11. The molecule has 3 aromatic heterocycles. The Balaban J connectivity index is 1.30. The maximum absolute atomic E-state index is 12.6. The van der Waals surface area contributed by atoms with E-state index in [0.29, 0.717) is 12.5 Å². The lowest BCUT2D eigenvalue weighted by atomic mass is 9.93. The number of hydrogen-bond donors (Lipinski definition) is 1. The van der Waals surface area contributed by atoms with Crippen molar-refractivity contribution in [2.24, 2.45) is 0 Å². The summed E-state index contributed by atoms with van der Waals surface area (Å²) in [6.07, 6.45) is 7.43. The number of likely N-dealkylation sites (tertiary alicyclic amines) is 1. The molecule has 1 aliphatic rings. The number of nitrogens with one attached hydrogen (secondary N) is 1. The SMILES string of the molecule is Cc1cnn(CC(C)NC(=O)N2CCC(c3ccc4cccnc4n3)CC2)c1. The normalized spacial score (nSPS) is 16.3. The second kappa shape index (κ2) is 7.96. The number of pyridine rings is 2. The molecule has 3 aromatic rings. The van der Waals surface area contributed by atoms with Crippen LogP contribution >= 0.6 is 0 Å². The first kappa shape index (κ1) is 18.4. The molecule has 7 nitrogen and oxygen atoms in total. The average molecular weight is 378 g/mol. The highest BCUT2D eigenvalue weighted by Crippen LogP contribution is 2.27. The van der Waals surface area contributed by atoms with Crippen molar-refractivity contribution in [2.75, 3.05) is 13.1 Å². The van der Waals surface area contributed by atoms with Crippen LogP contribution in [0.3, 0.4) is 0 Å². The number of fused-ring (bicyclic) bond motifs is 1. The van der Waals surface area contributed by atoms with Crippen LogP contribution in [0.25, 0.3) is 11.0 Å². The molecule has 4 heterocycles. The van der Waals surface area contributed by atoms with Crippen LogP contribution in [0.4, 0.5) is 4.79 Å². The highest BCUT2D eigenvalue weighted by molar-refractivity contribution is 5.75. The Morgan fingerprint density at radius 3 is 2.86 bits per heavy atom. The van der Waals surface area contributed by atoms with E-state index in [1.165, 1.54) is 0 Å². The second-order valence-electron chi connectivity index (χ2n) is 7.64. The molecule has 146 valence electrons. The molecule has 1 aliphatic heterocycles. The first-order chi connectivity index (χ1) is 13.6. The monoisotopic (exact) mass is 378 g/mol. The third-order valence-corrected chi connectivity index (χ3v) is 5.28. The van der Waals surface area contributed by atoms with Crippen molar-refractivity contribution in [2.45, 2.75) is 45.2 Å². The van der Waals surface area contributed by atoms with Gasteiger partial charge < -0.3 is 10.2 Å². The molecular formula is C21H26N6O. The lowest BCUT2D eigenvalue weighted by Crippen LogP contribution is -2.48. The van der Waals surface area contributed by atoms with Gasteiger partial charge in [-0.15, -0.1) is 0 Å². The lowest BCUT2D eigenvalue weighted by molar-refractivity contribution is 0.176. The van der Waals surface area contributed by atoms with Gasteiger partial charge in [-0.2, -0.15) is 5.10 Å². The first-order valence-corrected chi connectivity index (χ1v) is 9.84. The summed E-state index contributed by atoms with van der Waals surface area (Å²) in [5, 5.41) is 8.43. The molecule has 1 saturated heterocycles. The minimum absolute atomic E-state index is 0.00275. The van der Waals surface area contributed by atoms with Gasteiger partial charge in [0.05, 0.1) is 12.7 Å². The van der Waals surface area contributed by atoms with Gasteiger partial charge in [0, 0.05) is 48.5 Å². The van der Waals surface area contributed by atoms with Crippen LogP contribution in [0.5, 0.6) is 0 Å². The van der Waals surface area contributed by atoms with E-state index in [1.807, 2.05) is 48.0 Å². The number of carbonyl (C=O) groups excluding carboxylic acids is 1. The van der Waals surface area contributed by atoms with Crippen LogP contribution in [0.2, 0.25) is 0 Å². The standard InChI is InChI=1S/C21H26N6O/c1-15-12-23-27(13-15)14-16(2)24-21(28)26-10-7-17(8-11-26)19-6-5-18-4-3-9-22-20(18)25-19/h3-6,9,12-13,16-17H,7-8,10-11,14H2,1-2H3,(H,24,28). The molecule has 1 atom stereocenters. The van der Waals surface area contributed by atoms with Crippen LogP contribution in [0, 0.1) is 6.92 Å². The van der Waals surface area contributed by atoms with Crippen molar-refractivity contribution in [1.29, 1.82) is 0 Å². The first-order valence-electron chi connectivity index (χ1n) is 9.84. The van der Waals surface area contributed by atoms with Crippen molar-refractivity contribution >= 4 is 17.1 Å². The fraction of sp³-hybridized carbons (Fsp3) is 0.429. The average Bonchev–Trinajstić information content (AvgIpc) is 3.12. The van der Waals surface area contributed by atoms with E-state index in [1.54, 1.807) is 6.20 Å². The van der Waals surface area contributed by atoms with Gasteiger partial charge in [0.2, 0.25) is 0 Å². The summed E-state index contributed by atoms with van der Waals surface area (Å²) in [6.45, 7) is 6.17. The number of rotatable bonds is 4. The highest BCUT2D eigenvalue weighted by atomic mass is 16.2. The number of carbonyl (C=O) groups is 1. The summed E-state index contributed by atoms with van der Waals surface area (Å²) >= 11 is 0. The molecule has 1 N–H and O–H groups in total. The molecule has 4 rings (SSSR count). The smallest absolute Gasteiger partial charge is 0.317 e. The number of hydrogen-bond acceptors (Lipinski definition) is 4. The minimum Gasteiger partial charge on any atom is -0.334 e. The Hall–Kier alpha value is -2.96. The van der Waals surface area contributed by atoms with Crippen molar-refractivity contribution in [3.05, 3.63) is 54.1 Å². The van der Waals surface area contributed by atoms with Crippen LogP contribution in [-0.4, -0.2) is 49.8 Å². The van der Waals surface area contributed by atoms with Crippen LogP contribution < -0.4 is 5.32 Å². The Morgan fingerprint density at radius 2 is 2.11 bits per heavy atom. The van der Waals surface area contributed by atoms with Crippen LogP contribution in [0.15, 0.2) is 42.9 Å². The number of aryl methyl sites for hydroxylation is 1. The topological polar surface area (TPSA) is 75.9 Å². The predicted molar refractivity (Wildman–Crippen MR) is 108 cm³/mol. The summed E-state index contributed by atoms with van der Waals surface area (Å²) in [7, 11) is 0. The Labute approximate surface area is 164 Å². The van der Waals surface area contributed by atoms with Crippen molar-refractivity contribution in [3.63, 3.8) is 0 Å². The number of amides is 2. The third-order valence-electron chi connectivity index (χ3n) is 5.28. The zero-order valence-corrected chi connectivity index (χ0v) is 16.4. The van der Waals surface area contributed by atoms with E-state index in [4.69, 9.17) is 4.98 Å². The lowest BCUT2D eigenvalue weighted by Gasteiger charge is -2.32. The maximum Gasteiger partial charge on any atom is 0.317 e. The van der Waals surface area contributed by atoms with Crippen molar-refractivity contribution in [3.8, 4) is 0 Å². The van der Waals surface area contributed by atoms with Gasteiger partial charge in [-0.3, -0.25) is 4.68 Å². The molecule has 2 amide bonds. The largest absolute Gasteiger partial charge is 0.334 e. The summed E-state index contributed by atoms with van der Waals surface area (Å²) in [6, 6.07) is 8.16. The van der Waals surface area contributed by atoms with E-state index in [-0.39, 0.29) is 12.1 Å². The fourth-order valence-electron chi connectivity index (χ4n) is 3.77. The number of aromatic nitrogens is 4. The van der Waals surface area contributed by atoms with Gasteiger partial charge in [-0.05, 0) is 56.5 Å². The Bertz CT molecular complexity index is 960. The number of piperidine rings is 1. The number of nitrogens with zero attached hydrogens (tertiary/aromatic N) is 5. The van der Waals surface area contributed by atoms with Crippen LogP contribution in [0.1, 0.15) is 36.9 Å². The molecular weight excluding hydrogens is 352 g/mol. The number of urea groups is 1. The third kappa shape index (κ3) is 4.13. The van der Waals surface area contributed by atoms with Crippen molar-refractivity contribution < 1.29 is 4.79 Å². The summed E-state index contributed by atoms with van der Waals surface area (Å²) in [5.74, 6) is 0.375. The molecule has 0 aliphatic carbocycles. The molecule has 0 bridgehead atoms. The Kier molecular flexibility index (Phi) is 5.23. The zero-order valence-electron chi connectivity index (χ0n) is 16.4. The van der Waals surface area contributed by atoms with Gasteiger partial charge in [0.15, 0.2) is 5.65 Å².